The van der Waals surface area contributed by atoms with Gasteiger partial charge in [0.25, 0.3) is 5.91 Å². The molecule has 3 rings (SSSR count). The lowest BCUT2D eigenvalue weighted by Crippen LogP contribution is -2.62. The smallest absolute Gasteiger partial charge is 0.268 e. The SMILES string of the molecule is CNC(=O)C1=CC(C(N)=O)(C2CCCC(O)C2)N([C@@H](C)c2ccccc2)N1. The summed E-state index contributed by atoms with van der Waals surface area (Å²) in [6.45, 7) is 1.97. The summed E-state index contributed by atoms with van der Waals surface area (Å²) in [6.07, 6.45) is 3.95. The van der Waals surface area contributed by atoms with Crippen LogP contribution in [-0.2, 0) is 9.59 Å². The molecule has 0 bridgehead atoms. The minimum Gasteiger partial charge on any atom is -0.393 e. The number of aliphatic hydroxyl groups is 1. The van der Waals surface area contributed by atoms with Gasteiger partial charge in [-0.3, -0.25) is 9.59 Å². The van der Waals surface area contributed by atoms with Gasteiger partial charge < -0.3 is 21.6 Å². The molecule has 5 N–H and O–H groups in total. The molecule has 2 aliphatic rings. The fourth-order valence-corrected chi connectivity index (χ4v) is 4.36. The first kappa shape index (κ1) is 19.4. The second kappa shape index (κ2) is 7.70. The number of nitrogens with one attached hydrogen (secondary N) is 2. The minimum atomic E-state index is -1.18. The van der Waals surface area contributed by atoms with Crippen LogP contribution in [0.1, 0.15) is 44.2 Å². The van der Waals surface area contributed by atoms with Gasteiger partial charge in [-0.25, -0.2) is 0 Å². The number of hydrogen-bond donors (Lipinski definition) is 4. The van der Waals surface area contributed by atoms with Crippen LogP contribution in [0.25, 0.3) is 0 Å². The molecule has 27 heavy (non-hydrogen) atoms. The fraction of sp³-hybridized carbons (Fsp3) is 0.500. The Morgan fingerprint density at radius 1 is 1.33 bits per heavy atom. The number of hydrogen-bond acceptors (Lipinski definition) is 5. The third-order valence-electron chi connectivity index (χ3n) is 5.81. The van der Waals surface area contributed by atoms with E-state index in [1.807, 2.05) is 37.3 Å². The second-order valence-corrected chi connectivity index (χ2v) is 7.41. The Kier molecular flexibility index (Phi) is 5.53. The highest BCUT2D eigenvalue weighted by molar-refractivity contribution is 5.97. The molecule has 0 saturated heterocycles. The lowest BCUT2D eigenvalue weighted by atomic mass is 9.72. The number of rotatable bonds is 5. The average Bonchev–Trinajstić information content (AvgIpc) is 3.09. The zero-order chi connectivity index (χ0) is 19.6. The molecule has 1 heterocycles. The van der Waals surface area contributed by atoms with Crippen molar-refractivity contribution in [1.29, 1.82) is 0 Å². The Labute approximate surface area is 159 Å². The summed E-state index contributed by atoms with van der Waals surface area (Å²) in [5.41, 5.74) is 9.19. The molecule has 0 radical (unpaired) electrons. The monoisotopic (exact) mass is 372 g/mol. The predicted octanol–water partition coefficient (Wildman–Crippen LogP) is 0.973. The van der Waals surface area contributed by atoms with E-state index in [1.54, 1.807) is 18.1 Å². The molecule has 1 fully saturated rings. The highest BCUT2D eigenvalue weighted by Crippen LogP contribution is 2.43. The summed E-state index contributed by atoms with van der Waals surface area (Å²) >= 11 is 0. The first-order chi connectivity index (χ1) is 12.9. The van der Waals surface area contributed by atoms with Crippen LogP contribution in [-0.4, -0.2) is 40.6 Å². The molecule has 7 heteroatoms. The lowest BCUT2D eigenvalue weighted by molar-refractivity contribution is -0.136. The summed E-state index contributed by atoms with van der Waals surface area (Å²) in [4.78, 5) is 25.1. The largest absolute Gasteiger partial charge is 0.393 e. The van der Waals surface area contributed by atoms with E-state index in [-0.39, 0.29) is 17.9 Å². The average molecular weight is 372 g/mol. The zero-order valence-electron chi connectivity index (χ0n) is 15.8. The van der Waals surface area contributed by atoms with Crippen LogP contribution in [0.5, 0.6) is 0 Å². The Bertz CT molecular complexity index is 736. The second-order valence-electron chi connectivity index (χ2n) is 7.41. The zero-order valence-corrected chi connectivity index (χ0v) is 15.8. The molecule has 1 aromatic carbocycles. The maximum atomic E-state index is 12.8. The highest BCUT2D eigenvalue weighted by Gasteiger charge is 2.54. The van der Waals surface area contributed by atoms with Gasteiger partial charge in [0.15, 0.2) is 0 Å². The van der Waals surface area contributed by atoms with E-state index in [2.05, 4.69) is 10.7 Å². The summed E-state index contributed by atoms with van der Waals surface area (Å²) in [7, 11) is 1.55. The number of nitrogens with zero attached hydrogens (tertiary/aromatic N) is 1. The van der Waals surface area contributed by atoms with E-state index in [1.165, 1.54) is 0 Å². The van der Waals surface area contributed by atoms with Gasteiger partial charge in [0.05, 0.1) is 12.1 Å². The third-order valence-corrected chi connectivity index (χ3v) is 5.81. The molecule has 146 valence electrons. The number of amides is 2. The third kappa shape index (κ3) is 3.44. The fourth-order valence-electron chi connectivity index (χ4n) is 4.36. The minimum absolute atomic E-state index is 0.181. The van der Waals surface area contributed by atoms with Gasteiger partial charge in [0.2, 0.25) is 5.91 Å². The standard InChI is InChI=1S/C20H28N4O3/c1-13(14-7-4-3-5-8-14)24-20(19(21)27,12-17(23-24)18(26)22-2)15-9-6-10-16(25)11-15/h3-5,7-8,12-13,15-16,23,25H,6,9-11H2,1-2H3,(H2,21,27)(H,22,26)/t13-,15?,16?,20?/m0/s1. The number of benzene rings is 1. The maximum absolute atomic E-state index is 12.8. The van der Waals surface area contributed by atoms with Gasteiger partial charge in [-0.05, 0) is 43.7 Å². The van der Waals surface area contributed by atoms with Crippen molar-refractivity contribution in [2.75, 3.05) is 7.05 Å². The van der Waals surface area contributed by atoms with Crippen molar-refractivity contribution < 1.29 is 14.7 Å². The maximum Gasteiger partial charge on any atom is 0.268 e. The van der Waals surface area contributed by atoms with Crippen molar-refractivity contribution in [3.8, 4) is 0 Å². The molecule has 1 aliphatic heterocycles. The molecule has 2 amide bonds. The summed E-state index contributed by atoms with van der Waals surface area (Å²) in [5.74, 6) is -1.00. The molecule has 1 saturated carbocycles. The van der Waals surface area contributed by atoms with Crippen molar-refractivity contribution in [2.24, 2.45) is 11.7 Å². The molecule has 3 unspecified atom stereocenters. The van der Waals surface area contributed by atoms with Gasteiger partial charge in [0, 0.05) is 7.05 Å². The summed E-state index contributed by atoms with van der Waals surface area (Å²) < 4.78 is 0. The van der Waals surface area contributed by atoms with Crippen LogP contribution in [0.3, 0.4) is 0 Å². The molecule has 4 atom stereocenters. The van der Waals surface area contributed by atoms with Crippen LogP contribution in [0.4, 0.5) is 0 Å². The number of aliphatic hydroxyl groups excluding tert-OH is 1. The number of nitrogens with two attached hydrogens (primary N) is 1. The first-order valence-electron chi connectivity index (χ1n) is 9.44. The van der Waals surface area contributed by atoms with Gasteiger partial charge >= 0.3 is 0 Å². The normalized spacial score (nSPS) is 29.5. The van der Waals surface area contributed by atoms with E-state index < -0.39 is 17.6 Å². The van der Waals surface area contributed by atoms with E-state index in [9.17, 15) is 14.7 Å². The Morgan fingerprint density at radius 3 is 2.63 bits per heavy atom. The molecule has 7 nitrogen and oxygen atoms in total. The number of hydrazine groups is 1. The van der Waals surface area contributed by atoms with Crippen LogP contribution in [0.2, 0.25) is 0 Å². The van der Waals surface area contributed by atoms with Gasteiger partial charge in [-0.15, -0.1) is 0 Å². The number of likely N-dealkylation sites (N-methyl/N-ethyl adjacent to an activating group) is 1. The van der Waals surface area contributed by atoms with Gasteiger partial charge in [-0.1, -0.05) is 36.8 Å². The van der Waals surface area contributed by atoms with Crippen LogP contribution in [0, 0.1) is 5.92 Å². The quantitative estimate of drug-likeness (QED) is 0.616. The number of carbonyl (C=O) groups excluding carboxylic acids is 2. The summed E-state index contributed by atoms with van der Waals surface area (Å²) in [6, 6.07) is 9.55. The van der Waals surface area contributed by atoms with E-state index in [0.717, 1.165) is 24.8 Å². The molecule has 0 aromatic heterocycles. The Hall–Kier alpha value is -2.38. The highest BCUT2D eigenvalue weighted by atomic mass is 16.3. The molecular weight excluding hydrogens is 344 g/mol. The topological polar surface area (TPSA) is 108 Å². The van der Waals surface area contributed by atoms with E-state index >= 15 is 0 Å². The van der Waals surface area contributed by atoms with Crippen molar-refractivity contribution in [3.63, 3.8) is 0 Å². The molecule has 1 aliphatic carbocycles. The molecular formula is C20H28N4O3. The van der Waals surface area contributed by atoms with Crippen LogP contribution in [0.15, 0.2) is 42.1 Å². The number of carbonyl (C=O) groups is 2. The van der Waals surface area contributed by atoms with Crippen molar-refractivity contribution in [3.05, 3.63) is 47.7 Å². The van der Waals surface area contributed by atoms with Crippen molar-refractivity contribution in [2.45, 2.75) is 50.3 Å². The van der Waals surface area contributed by atoms with Crippen molar-refractivity contribution >= 4 is 11.8 Å². The van der Waals surface area contributed by atoms with Crippen LogP contribution < -0.4 is 16.5 Å². The number of primary amides is 1. The summed E-state index contributed by atoms with van der Waals surface area (Å²) in [5, 5.41) is 14.6. The molecule has 0 spiro atoms. The first-order valence-corrected chi connectivity index (χ1v) is 9.44. The van der Waals surface area contributed by atoms with Crippen molar-refractivity contribution in [1.82, 2.24) is 15.8 Å². The van der Waals surface area contributed by atoms with E-state index in [4.69, 9.17) is 5.73 Å². The Morgan fingerprint density at radius 2 is 2.04 bits per heavy atom. The van der Waals surface area contributed by atoms with Crippen LogP contribution >= 0.6 is 0 Å². The predicted molar refractivity (Wildman–Crippen MR) is 102 cm³/mol. The van der Waals surface area contributed by atoms with Gasteiger partial charge in [-0.2, -0.15) is 5.01 Å². The molecule has 1 aromatic rings. The van der Waals surface area contributed by atoms with Gasteiger partial charge in [0.1, 0.15) is 11.2 Å². The lowest BCUT2D eigenvalue weighted by Gasteiger charge is -2.45. The van der Waals surface area contributed by atoms with E-state index in [0.29, 0.717) is 12.1 Å². The Balaban J connectivity index is 2.06.